The summed E-state index contributed by atoms with van der Waals surface area (Å²) < 4.78 is 0. The SMILES string of the molecule is Cc1ccc(C(Cc2nnn(C(c3ccccc3)(c3ccccc3)c3ccccc3)n2)C2CCCC2)cc1. The third-order valence-corrected chi connectivity index (χ3v) is 8.21. The van der Waals surface area contributed by atoms with Gasteiger partial charge >= 0.3 is 0 Å². The summed E-state index contributed by atoms with van der Waals surface area (Å²) in [7, 11) is 0. The van der Waals surface area contributed by atoms with Crippen LogP contribution in [0.15, 0.2) is 115 Å². The van der Waals surface area contributed by atoms with E-state index in [0.29, 0.717) is 11.8 Å². The molecule has 1 fully saturated rings. The quantitative estimate of drug-likeness (QED) is 0.210. The Balaban J connectivity index is 1.47. The van der Waals surface area contributed by atoms with Crippen LogP contribution in [-0.2, 0) is 12.0 Å². The predicted molar refractivity (Wildman–Crippen MR) is 152 cm³/mol. The fourth-order valence-electron chi connectivity index (χ4n) is 6.28. The molecule has 5 aromatic rings. The second-order valence-corrected chi connectivity index (χ2v) is 10.6. The molecule has 0 N–H and O–H groups in total. The monoisotopic (exact) mass is 498 g/mol. The fraction of sp³-hybridized carbons (Fsp3) is 0.265. The van der Waals surface area contributed by atoms with Gasteiger partial charge in [-0.1, -0.05) is 134 Å². The normalized spacial score (nSPS) is 15.0. The van der Waals surface area contributed by atoms with Crippen molar-refractivity contribution in [3.05, 3.63) is 149 Å². The lowest BCUT2D eigenvalue weighted by atomic mass is 9.77. The highest BCUT2D eigenvalue weighted by Gasteiger charge is 2.41. The molecule has 190 valence electrons. The topological polar surface area (TPSA) is 43.6 Å². The third-order valence-electron chi connectivity index (χ3n) is 8.21. The van der Waals surface area contributed by atoms with Gasteiger partial charge in [0.2, 0.25) is 0 Å². The van der Waals surface area contributed by atoms with Crippen molar-refractivity contribution in [2.24, 2.45) is 5.92 Å². The van der Waals surface area contributed by atoms with Gasteiger partial charge in [0, 0.05) is 6.42 Å². The van der Waals surface area contributed by atoms with Gasteiger partial charge in [-0.15, -0.1) is 15.0 Å². The van der Waals surface area contributed by atoms with Gasteiger partial charge in [0.1, 0.15) is 0 Å². The van der Waals surface area contributed by atoms with Crippen LogP contribution in [0.25, 0.3) is 0 Å². The number of benzene rings is 4. The molecule has 0 aliphatic heterocycles. The molecule has 0 saturated heterocycles. The third kappa shape index (κ3) is 4.56. The van der Waals surface area contributed by atoms with Crippen LogP contribution in [0.5, 0.6) is 0 Å². The average molecular weight is 499 g/mol. The van der Waals surface area contributed by atoms with Crippen LogP contribution in [0.2, 0.25) is 0 Å². The van der Waals surface area contributed by atoms with Gasteiger partial charge in [-0.2, -0.15) is 0 Å². The molecule has 4 aromatic carbocycles. The van der Waals surface area contributed by atoms with Gasteiger partial charge in [0.15, 0.2) is 11.4 Å². The molecule has 1 aliphatic carbocycles. The van der Waals surface area contributed by atoms with Crippen molar-refractivity contribution in [2.45, 2.75) is 50.5 Å². The number of aryl methyl sites for hydroxylation is 1. The maximum Gasteiger partial charge on any atom is 0.175 e. The fourth-order valence-corrected chi connectivity index (χ4v) is 6.28. The Morgan fingerprint density at radius 3 is 1.71 bits per heavy atom. The molecule has 0 radical (unpaired) electrons. The first-order valence-electron chi connectivity index (χ1n) is 13.8. The standard InChI is InChI=1S/C34H34N4/c1-26-21-23-28(24-22-26)32(27-13-11-12-14-27)25-33-35-37-38(36-33)34(29-15-5-2-6-16-29,30-17-7-3-8-18-30)31-19-9-4-10-20-31/h2-10,15-24,27,32H,11-14,25H2,1H3. The van der Waals surface area contributed by atoms with Crippen LogP contribution in [0.4, 0.5) is 0 Å². The molecule has 6 rings (SSSR count). The summed E-state index contributed by atoms with van der Waals surface area (Å²) >= 11 is 0. The minimum absolute atomic E-state index is 0.398. The molecule has 1 aliphatic rings. The zero-order chi connectivity index (χ0) is 25.8. The van der Waals surface area contributed by atoms with Crippen molar-refractivity contribution in [1.29, 1.82) is 0 Å². The Morgan fingerprint density at radius 1 is 0.711 bits per heavy atom. The van der Waals surface area contributed by atoms with Crippen LogP contribution >= 0.6 is 0 Å². The summed E-state index contributed by atoms with van der Waals surface area (Å²) in [4.78, 5) is 1.85. The molecular formula is C34H34N4. The second-order valence-electron chi connectivity index (χ2n) is 10.6. The smallest absolute Gasteiger partial charge is 0.144 e. The van der Waals surface area contributed by atoms with E-state index < -0.39 is 5.54 Å². The summed E-state index contributed by atoms with van der Waals surface area (Å²) in [6.07, 6.45) is 5.96. The molecule has 4 heteroatoms. The van der Waals surface area contributed by atoms with Crippen LogP contribution < -0.4 is 0 Å². The first-order chi connectivity index (χ1) is 18.7. The van der Waals surface area contributed by atoms with Crippen LogP contribution in [0.3, 0.4) is 0 Å². The predicted octanol–water partition coefficient (Wildman–Crippen LogP) is 7.34. The van der Waals surface area contributed by atoms with E-state index in [1.165, 1.54) is 36.8 Å². The van der Waals surface area contributed by atoms with Crippen molar-refractivity contribution >= 4 is 0 Å². The number of aromatic nitrogens is 4. The zero-order valence-corrected chi connectivity index (χ0v) is 21.9. The molecule has 0 spiro atoms. The lowest BCUT2D eigenvalue weighted by molar-refractivity contribution is 0.390. The van der Waals surface area contributed by atoms with E-state index in [2.05, 4.69) is 122 Å². The largest absolute Gasteiger partial charge is 0.175 e. The van der Waals surface area contributed by atoms with Crippen LogP contribution in [-0.4, -0.2) is 20.2 Å². The average Bonchev–Trinajstić information content (AvgIpc) is 3.68. The van der Waals surface area contributed by atoms with Gasteiger partial charge in [-0.25, -0.2) is 0 Å². The molecule has 1 heterocycles. The van der Waals surface area contributed by atoms with Crippen molar-refractivity contribution in [3.8, 4) is 0 Å². The maximum absolute atomic E-state index is 5.16. The first-order valence-corrected chi connectivity index (χ1v) is 13.8. The summed E-state index contributed by atoms with van der Waals surface area (Å²) in [5.74, 6) is 1.86. The first kappa shape index (κ1) is 24.3. The Kier molecular flexibility index (Phi) is 6.87. The highest BCUT2D eigenvalue weighted by atomic mass is 15.6. The van der Waals surface area contributed by atoms with Gasteiger partial charge in [-0.05, 0) is 59.1 Å². The van der Waals surface area contributed by atoms with Crippen LogP contribution in [0.1, 0.15) is 65.2 Å². The Morgan fingerprint density at radius 2 is 1.21 bits per heavy atom. The van der Waals surface area contributed by atoms with Gasteiger partial charge in [-0.3, -0.25) is 0 Å². The number of hydrogen-bond acceptors (Lipinski definition) is 3. The lowest BCUT2D eigenvalue weighted by Crippen LogP contribution is -2.39. The summed E-state index contributed by atoms with van der Waals surface area (Å²) in [6.45, 7) is 2.15. The lowest BCUT2D eigenvalue weighted by Gasteiger charge is -2.34. The summed E-state index contributed by atoms with van der Waals surface area (Å²) in [6, 6.07) is 40.7. The van der Waals surface area contributed by atoms with Crippen molar-refractivity contribution in [1.82, 2.24) is 20.2 Å². The van der Waals surface area contributed by atoms with E-state index in [0.717, 1.165) is 28.9 Å². The van der Waals surface area contributed by atoms with Crippen molar-refractivity contribution in [3.63, 3.8) is 0 Å². The van der Waals surface area contributed by atoms with Crippen molar-refractivity contribution < 1.29 is 0 Å². The molecule has 1 atom stereocenters. The van der Waals surface area contributed by atoms with Gasteiger partial charge < -0.3 is 0 Å². The Hall–Kier alpha value is -4.05. The molecular weight excluding hydrogens is 464 g/mol. The Bertz CT molecular complexity index is 1340. The molecule has 1 unspecified atom stereocenters. The van der Waals surface area contributed by atoms with E-state index in [9.17, 15) is 0 Å². The summed E-state index contributed by atoms with van der Waals surface area (Å²) in [5.41, 5.74) is 5.26. The van der Waals surface area contributed by atoms with E-state index in [4.69, 9.17) is 15.4 Å². The number of tetrazole rings is 1. The molecule has 1 saturated carbocycles. The van der Waals surface area contributed by atoms with E-state index in [1.807, 2.05) is 4.80 Å². The minimum atomic E-state index is -0.734. The maximum atomic E-state index is 5.16. The second kappa shape index (κ2) is 10.7. The number of hydrogen-bond donors (Lipinski definition) is 0. The van der Waals surface area contributed by atoms with Crippen LogP contribution in [0, 0.1) is 12.8 Å². The van der Waals surface area contributed by atoms with Gasteiger partial charge in [0.05, 0.1) is 0 Å². The number of rotatable bonds is 8. The highest BCUT2D eigenvalue weighted by molar-refractivity contribution is 5.49. The number of nitrogens with zero attached hydrogens (tertiary/aromatic N) is 4. The Labute approximate surface area is 225 Å². The highest BCUT2D eigenvalue weighted by Crippen LogP contribution is 2.41. The van der Waals surface area contributed by atoms with E-state index >= 15 is 0 Å². The van der Waals surface area contributed by atoms with Crippen molar-refractivity contribution in [2.75, 3.05) is 0 Å². The van der Waals surface area contributed by atoms with E-state index in [1.54, 1.807) is 0 Å². The zero-order valence-electron chi connectivity index (χ0n) is 21.9. The molecule has 0 bridgehead atoms. The van der Waals surface area contributed by atoms with E-state index in [-0.39, 0.29) is 0 Å². The molecule has 4 nitrogen and oxygen atoms in total. The van der Waals surface area contributed by atoms with Gasteiger partial charge in [0.25, 0.3) is 0 Å². The minimum Gasteiger partial charge on any atom is -0.144 e. The molecule has 38 heavy (non-hydrogen) atoms. The molecule has 1 aromatic heterocycles. The molecule has 0 amide bonds. The summed E-state index contributed by atoms with van der Waals surface area (Å²) in [5, 5.41) is 14.6.